The first-order valence-corrected chi connectivity index (χ1v) is 13.9. The van der Waals surface area contributed by atoms with Crippen LogP contribution in [-0.4, -0.2) is 62.3 Å². The van der Waals surface area contributed by atoms with Crippen LogP contribution in [0.4, 0.5) is 8.78 Å². The molecule has 0 amide bonds. The molecule has 11 heteroatoms. The minimum absolute atomic E-state index is 0.0865. The number of carbonyl (C=O) groups is 1. The molecule has 2 unspecified atom stereocenters. The first-order valence-electron chi connectivity index (χ1n) is 13.1. The number of halogens is 4. The van der Waals surface area contributed by atoms with E-state index in [0.29, 0.717) is 46.6 Å². The van der Waals surface area contributed by atoms with Crippen LogP contribution in [0.15, 0.2) is 33.7 Å². The lowest BCUT2D eigenvalue weighted by molar-refractivity contribution is -0.132. The average Bonchev–Trinajstić information content (AvgIpc) is 3.72. The topological polar surface area (TPSA) is 98.2 Å². The van der Waals surface area contributed by atoms with Crippen LogP contribution >= 0.6 is 23.2 Å². The first kappa shape index (κ1) is 31.5. The van der Waals surface area contributed by atoms with E-state index in [1.54, 1.807) is 6.08 Å². The van der Waals surface area contributed by atoms with Gasteiger partial charge in [0, 0.05) is 30.0 Å². The largest absolute Gasteiger partial charge is 0.486 e. The number of hydrogen-bond donors (Lipinski definition) is 2. The summed E-state index contributed by atoms with van der Waals surface area (Å²) >= 11 is 12.1. The monoisotopic (exact) mass is 588 g/mol. The number of furan rings is 1. The first-order chi connectivity index (χ1) is 18.7. The highest BCUT2D eigenvalue weighted by Crippen LogP contribution is 2.35. The molecule has 2 saturated heterocycles. The van der Waals surface area contributed by atoms with Crippen LogP contribution in [-0.2, 0) is 21.9 Å². The maximum atomic E-state index is 13.0. The van der Waals surface area contributed by atoms with Crippen molar-refractivity contribution >= 4 is 35.6 Å². The number of nitrogens with zero attached hydrogens (tertiary/aromatic N) is 1. The lowest BCUT2D eigenvalue weighted by Gasteiger charge is -2.19. The third kappa shape index (κ3) is 8.99. The number of hydrogen-bond acceptors (Lipinski definition) is 7. The Hall–Kier alpha value is -2.01. The number of nitrogens with two attached hydrogens (primary N) is 1. The molecule has 2 aromatic rings. The summed E-state index contributed by atoms with van der Waals surface area (Å²) < 4.78 is 42.0. The summed E-state index contributed by atoms with van der Waals surface area (Å²) in [5.74, 6) is -3.05. The predicted octanol–water partition coefficient (Wildman–Crippen LogP) is 5.70. The molecule has 2 fully saturated rings. The van der Waals surface area contributed by atoms with Crippen LogP contribution in [0, 0.1) is 0 Å². The molecule has 3 N–H and O–H groups in total. The molecule has 2 aliphatic heterocycles. The van der Waals surface area contributed by atoms with Gasteiger partial charge in [0.2, 0.25) is 0 Å². The smallest absolute Gasteiger partial charge is 0.358 e. The van der Waals surface area contributed by atoms with Gasteiger partial charge in [-0.25, -0.2) is 0 Å². The standard InChI is InChI=1S/C17H24ClNO3.C10H7ClF2O2.CH5N/c18-15-11-13(16(20)5-9-19-7-1-2-8-19)3-4-17(15)22-14-6-10-21-12-14;11-7-1-2-8-6(3-7)4-9(15-8)10(12,13)5-14;1-2/h3-4,11,14,16,20H,1-2,5-10,12H2;3-5H,1-2H2;2H2,1H3. The van der Waals surface area contributed by atoms with E-state index in [1.165, 1.54) is 19.9 Å². The molecular weight excluding hydrogens is 553 g/mol. The number of aliphatic hydroxyl groups excluding tert-OH is 1. The van der Waals surface area contributed by atoms with Gasteiger partial charge >= 0.3 is 5.92 Å². The fourth-order valence-corrected chi connectivity index (χ4v) is 4.99. The fraction of sp³-hybridized carbons (Fsp3) is 0.536. The highest BCUT2D eigenvalue weighted by molar-refractivity contribution is 6.32. The number of likely N-dealkylation sites (tertiary alicyclic amines) is 1. The normalized spacial score (nSPS) is 19.7. The van der Waals surface area contributed by atoms with E-state index in [2.05, 4.69) is 10.6 Å². The van der Waals surface area contributed by atoms with E-state index in [4.69, 9.17) is 37.1 Å². The van der Waals surface area contributed by atoms with Crippen molar-refractivity contribution in [2.75, 3.05) is 39.9 Å². The summed E-state index contributed by atoms with van der Waals surface area (Å²) in [7, 11) is 1.50. The van der Waals surface area contributed by atoms with Gasteiger partial charge in [-0.3, -0.25) is 4.79 Å². The zero-order valence-corrected chi connectivity index (χ0v) is 23.5. The van der Waals surface area contributed by atoms with Crippen LogP contribution < -0.4 is 10.5 Å². The number of carbonyl (C=O) groups excluding carboxylic acids is 1. The molecule has 3 heterocycles. The highest BCUT2D eigenvalue weighted by atomic mass is 35.5. The second-order valence-electron chi connectivity index (χ2n) is 9.47. The molecule has 2 atom stereocenters. The molecule has 1 aliphatic carbocycles. The van der Waals surface area contributed by atoms with Crippen LogP contribution in [0.5, 0.6) is 5.75 Å². The average molecular weight is 590 g/mol. The quantitative estimate of drug-likeness (QED) is 0.382. The van der Waals surface area contributed by atoms with Crippen LogP contribution in [0.3, 0.4) is 0 Å². The number of alkyl halides is 2. The SMILES string of the molecule is CN.O=CC(F)(F)c1cc2c(o1)CCC(Cl)=C2.OC(CCN1CCCC1)c1ccc(OC2CCOC2)c(Cl)c1. The number of aryl methyl sites for hydroxylation is 1. The van der Waals surface area contributed by atoms with Crippen molar-refractivity contribution in [3.8, 4) is 5.75 Å². The number of benzene rings is 1. The Bertz CT molecular complexity index is 1100. The summed E-state index contributed by atoms with van der Waals surface area (Å²) in [6.45, 7) is 4.62. The number of aliphatic hydroxyl groups is 1. The number of allylic oxidation sites excluding steroid dienone is 1. The molecule has 216 valence electrons. The van der Waals surface area contributed by atoms with E-state index in [9.17, 15) is 18.7 Å². The minimum Gasteiger partial charge on any atom is -0.486 e. The third-order valence-corrected chi connectivity index (χ3v) is 7.25. The lowest BCUT2D eigenvalue weighted by Crippen LogP contribution is -2.22. The van der Waals surface area contributed by atoms with E-state index < -0.39 is 24.1 Å². The Labute approximate surface area is 237 Å². The van der Waals surface area contributed by atoms with Crippen molar-refractivity contribution in [2.24, 2.45) is 5.73 Å². The highest BCUT2D eigenvalue weighted by Gasteiger charge is 2.36. The van der Waals surface area contributed by atoms with E-state index in [1.807, 2.05) is 18.2 Å². The van der Waals surface area contributed by atoms with Crippen molar-refractivity contribution in [2.45, 2.75) is 56.7 Å². The zero-order chi connectivity index (χ0) is 28.4. The molecule has 7 nitrogen and oxygen atoms in total. The summed E-state index contributed by atoms with van der Waals surface area (Å²) in [6, 6.07) is 6.74. The van der Waals surface area contributed by atoms with Crippen LogP contribution in [0.2, 0.25) is 5.02 Å². The van der Waals surface area contributed by atoms with Crippen molar-refractivity contribution in [1.29, 1.82) is 0 Å². The van der Waals surface area contributed by atoms with E-state index >= 15 is 0 Å². The summed E-state index contributed by atoms with van der Waals surface area (Å²) in [5.41, 5.74) is 5.89. The summed E-state index contributed by atoms with van der Waals surface area (Å²) in [5, 5.41) is 11.5. The van der Waals surface area contributed by atoms with Crippen LogP contribution in [0.25, 0.3) is 6.08 Å². The van der Waals surface area contributed by atoms with Crippen molar-refractivity contribution in [1.82, 2.24) is 4.90 Å². The number of rotatable bonds is 8. The number of fused-ring (bicyclic) bond motifs is 1. The van der Waals surface area contributed by atoms with Gasteiger partial charge in [0.15, 0.2) is 12.0 Å². The van der Waals surface area contributed by atoms with Crippen molar-refractivity contribution < 1.29 is 32.6 Å². The molecule has 5 rings (SSSR count). The van der Waals surface area contributed by atoms with Crippen LogP contribution in [0.1, 0.15) is 60.9 Å². The maximum absolute atomic E-state index is 13.0. The number of ether oxygens (including phenoxy) is 2. The summed E-state index contributed by atoms with van der Waals surface area (Å²) in [4.78, 5) is 12.6. The Balaban J connectivity index is 0.000000216. The molecule has 0 radical (unpaired) electrons. The van der Waals surface area contributed by atoms with E-state index in [-0.39, 0.29) is 6.10 Å². The number of aldehydes is 1. The van der Waals surface area contributed by atoms with Gasteiger partial charge in [0.05, 0.1) is 24.3 Å². The molecule has 0 saturated carbocycles. The van der Waals surface area contributed by atoms with E-state index in [0.717, 1.165) is 50.7 Å². The second-order valence-corrected chi connectivity index (χ2v) is 10.4. The van der Waals surface area contributed by atoms with Gasteiger partial charge in [-0.2, -0.15) is 8.78 Å². The van der Waals surface area contributed by atoms with Crippen molar-refractivity contribution in [3.05, 3.63) is 57.0 Å². The molecule has 3 aliphatic rings. The second kappa shape index (κ2) is 15.1. The molecule has 39 heavy (non-hydrogen) atoms. The zero-order valence-electron chi connectivity index (χ0n) is 22.0. The summed E-state index contributed by atoms with van der Waals surface area (Å²) in [6.07, 6.45) is 6.02. The molecule has 0 bridgehead atoms. The fourth-order valence-electron chi connectivity index (χ4n) is 4.54. The molecular formula is C28H36Cl2F2N2O5. The van der Waals surface area contributed by atoms with Gasteiger partial charge in [0.1, 0.15) is 17.6 Å². The molecule has 1 aromatic carbocycles. The lowest BCUT2D eigenvalue weighted by atomic mass is 10.1. The maximum Gasteiger partial charge on any atom is 0.358 e. The third-order valence-electron chi connectivity index (χ3n) is 6.66. The van der Waals surface area contributed by atoms with Gasteiger partial charge in [-0.15, -0.1) is 0 Å². The van der Waals surface area contributed by atoms with Gasteiger partial charge in [-0.1, -0.05) is 29.3 Å². The Morgan fingerprint density at radius 1 is 1.23 bits per heavy atom. The van der Waals surface area contributed by atoms with Gasteiger partial charge < -0.3 is 29.6 Å². The van der Waals surface area contributed by atoms with Gasteiger partial charge in [-0.05, 0) is 75.7 Å². The van der Waals surface area contributed by atoms with Crippen molar-refractivity contribution in [3.63, 3.8) is 0 Å². The predicted molar refractivity (Wildman–Crippen MR) is 147 cm³/mol. The minimum atomic E-state index is -3.56. The van der Waals surface area contributed by atoms with Gasteiger partial charge in [0.25, 0.3) is 0 Å². The Morgan fingerprint density at radius 3 is 2.62 bits per heavy atom. The Morgan fingerprint density at radius 2 is 1.97 bits per heavy atom. The molecule has 1 aromatic heterocycles. The Kier molecular flexibility index (Phi) is 12.2. The molecule has 0 spiro atoms.